The Kier molecular flexibility index (Phi) is 6.54. The first-order chi connectivity index (χ1) is 17.2. The Balaban J connectivity index is 1.42. The lowest BCUT2D eigenvalue weighted by molar-refractivity contribution is -0.118. The van der Waals surface area contributed by atoms with Crippen molar-refractivity contribution in [1.82, 2.24) is 14.5 Å². The number of hydrogen-bond donors (Lipinski definition) is 0. The van der Waals surface area contributed by atoms with Crippen LogP contribution in [0.4, 0.5) is 10.8 Å². The van der Waals surface area contributed by atoms with Crippen LogP contribution in [-0.2, 0) is 11.3 Å². The molecule has 3 aromatic carbocycles. The summed E-state index contributed by atoms with van der Waals surface area (Å²) >= 11 is 1.46. The van der Waals surface area contributed by atoms with Crippen molar-refractivity contribution in [3.8, 4) is 5.75 Å². The maximum atomic E-state index is 13.6. The molecule has 0 saturated carbocycles. The standard InChI is InChI=1S/C27H24N4O3S/c1-2-34-23-14-7-6-13-22(23)31(27-29-21-12-5-8-15-24(21)35-27)25(32)16-9-17-30-18-28-20-11-4-3-10-19(20)26(30)33/h3-8,10-15,18H,2,9,16-17H2,1H3. The molecular weight excluding hydrogens is 460 g/mol. The number of carbonyl (C=O) groups is 1. The number of anilines is 2. The normalized spacial score (nSPS) is 11.1. The van der Waals surface area contributed by atoms with E-state index in [9.17, 15) is 9.59 Å². The van der Waals surface area contributed by atoms with Crippen LogP contribution in [0.2, 0.25) is 0 Å². The van der Waals surface area contributed by atoms with Gasteiger partial charge < -0.3 is 4.74 Å². The first-order valence-electron chi connectivity index (χ1n) is 11.5. The lowest BCUT2D eigenvalue weighted by Gasteiger charge is -2.22. The summed E-state index contributed by atoms with van der Waals surface area (Å²) in [6.07, 6.45) is 2.26. The predicted octanol–water partition coefficient (Wildman–Crippen LogP) is 5.55. The van der Waals surface area contributed by atoms with E-state index in [2.05, 4.69) is 4.98 Å². The van der Waals surface area contributed by atoms with Gasteiger partial charge in [-0.2, -0.15) is 0 Å². The fourth-order valence-corrected chi connectivity index (χ4v) is 4.99. The van der Waals surface area contributed by atoms with Crippen molar-refractivity contribution in [2.45, 2.75) is 26.3 Å². The van der Waals surface area contributed by atoms with Gasteiger partial charge in [-0.05, 0) is 49.7 Å². The molecule has 1 amide bonds. The van der Waals surface area contributed by atoms with Crippen LogP contribution in [0.1, 0.15) is 19.8 Å². The zero-order valence-electron chi connectivity index (χ0n) is 19.3. The van der Waals surface area contributed by atoms with E-state index < -0.39 is 0 Å². The average Bonchev–Trinajstić information content (AvgIpc) is 3.30. The summed E-state index contributed by atoms with van der Waals surface area (Å²) in [4.78, 5) is 37.1. The summed E-state index contributed by atoms with van der Waals surface area (Å²) in [6.45, 7) is 2.79. The number of fused-ring (bicyclic) bond motifs is 2. The van der Waals surface area contributed by atoms with Gasteiger partial charge >= 0.3 is 0 Å². The number of amides is 1. The Hall–Kier alpha value is -4.04. The van der Waals surface area contributed by atoms with E-state index in [0.29, 0.717) is 47.0 Å². The Bertz CT molecular complexity index is 1530. The molecule has 0 spiro atoms. The zero-order valence-corrected chi connectivity index (χ0v) is 20.1. The molecule has 0 aliphatic carbocycles. The quantitative estimate of drug-likeness (QED) is 0.289. The van der Waals surface area contributed by atoms with Crippen LogP contribution >= 0.6 is 11.3 Å². The molecule has 8 heteroatoms. The third-order valence-corrected chi connectivity index (χ3v) is 6.67. The molecular formula is C27H24N4O3S. The van der Waals surface area contributed by atoms with Crippen LogP contribution in [0.3, 0.4) is 0 Å². The summed E-state index contributed by atoms with van der Waals surface area (Å²) in [6, 6.07) is 22.6. The van der Waals surface area contributed by atoms with Crippen LogP contribution < -0.4 is 15.2 Å². The molecule has 5 aromatic rings. The highest BCUT2D eigenvalue weighted by molar-refractivity contribution is 7.22. The van der Waals surface area contributed by atoms with Gasteiger partial charge in [0.15, 0.2) is 5.13 Å². The van der Waals surface area contributed by atoms with Gasteiger partial charge in [-0.1, -0.05) is 47.7 Å². The number of rotatable bonds is 8. The Morgan fingerprint density at radius 1 is 1.00 bits per heavy atom. The number of hydrogen-bond acceptors (Lipinski definition) is 6. The molecule has 2 aromatic heterocycles. The minimum absolute atomic E-state index is 0.104. The summed E-state index contributed by atoms with van der Waals surface area (Å²) < 4.78 is 8.39. The van der Waals surface area contributed by atoms with Crippen molar-refractivity contribution in [1.29, 1.82) is 0 Å². The highest BCUT2D eigenvalue weighted by atomic mass is 32.1. The highest BCUT2D eigenvalue weighted by Crippen LogP contribution is 2.38. The molecule has 0 atom stereocenters. The van der Waals surface area contributed by atoms with E-state index in [1.54, 1.807) is 21.9 Å². The van der Waals surface area contributed by atoms with Gasteiger partial charge in [0.05, 0.1) is 39.7 Å². The number of aromatic nitrogens is 3. The Labute approximate surface area is 206 Å². The summed E-state index contributed by atoms with van der Waals surface area (Å²) in [5.41, 5.74) is 2.06. The van der Waals surface area contributed by atoms with Crippen LogP contribution in [0, 0.1) is 0 Å². The van der Waals surface area contributed by atoms with Gasteiger partial charge in [0.1, 0.15) is 5.75 Å². The average molecular weight is 485 g/mol. The number of benzene rings is 3. The number of carbonyl (C=O) groups excluding carboxylic acids is 1. The first kappa shape index (κ1) is 22.7. The fourth-order valence-electron chi connectivity index (χ4n) is 4.00. The van der Waals surface area contributed by atoms with Crippen molar-refractivity contribution in [3.63, 3.8) is 0 Å². The molecule has 5 rings (SSSR count). The molecule has 0 bridgehead atoms. The van der Waals surface area contributed by atoms with Crippen LogP contribution in [0.15, 0.2) is 83.9 Å². The number of nitrogens with zero attached hydrogens (tertiary/aromatic N) is 4. The molecule has 0 aliphatic heterocycles. The van der Waals surface area contributed by atoms with E-state index >= 15 is 0 Å². The van der Waals surface area contributed by atoms with Crippen LogP contribution in [0.5, 0.6) is 5.75 Å². The molecule has 0 saturated heterocycles. The molecule has 0 unspecified atom stereocenters. The number of para-hydroxylation sites is 4. The third kappa shape index (κ3) is 4.65. The summed E-state index contributed by atoms with van der Waals surface area (Å²) in [7, 11) is 0. The molecule has 2 heterocycles. The Morgan fingerprint density at radius 2 is 1.74 bits per heavy atom. The van der Waals surface area contributed by atoms with E-state index in [4.69, 9.17) is 9.72 Å². The molecule has 0 radical (unpaired) electrons. The van der Waals surface area contributed by atoms with Gasteiger partial charge in [0, 0.05) is 13.0 Å². The maximum Gasteiger partial charge on any atom is 0.261 e. The number of thiazole rings is 1. The molecule has 0 aliphatic rings. The SMILES string of the molecule is CCOc1ccccc1N(C(=O)CCCn1cnc2ccccc2c1=O)c1nc2ccccc2s1. The van der Waals surface area contributed by atoms with Gasteiger partial charge in [0.25, 0.3) is 5.56 Å². The monoisotopic (exact) mass is 484 g/mol. The zero-order chi connectivity index (χ0) is 24.2. The fraction of sp³-hybridized carbons (Fsp3) is 0.185. The van der Waals surface area contributed by atoms with E-state index in [1.807, 2.05) is 73.7 Å². The summed E-state index contributed by atoms with van der Waals surface area (Å²) in [5, 5.41) is 1.16. The second kappa shape index (κ2) is 10.1. The topological polar surface area (TPSA) is 77.3 Å². The van der Waals surface area contributed by atoms with Crippen molar-refractivity contribution in [3.05, 3.63) is 89.5 Å². The van der Waals surface area contributed by atoms with Gasteiger partial charge in [-0.15, -0.1) is 0 Å². The first-order valence-corrected chi connectivity index (χ1v) is 12.3. The van der Waals surface area contributed by atoms with Gasteiger partial charge in [-0.3, -0.25) is 19.1 Å². The van der Waals surface area contributed by atoms with Crippen LogP contribution in [0.25, 0.3) is 21.1 Å². The number of aryl methyl sites for hydroxylation is 1. The summed E-state index contributed by atoms with van der Waals surface area (Å²) in [5.74, 6) is 0.510. The maximum absolute atomic E-state index is 13.6. The molecule has 0 fully saturated rings. The van der Waals surface area contributed by atoms with Gasteiger partial charge in [0.2, 0.25) is 5.91 Å². The largest absolute Gasteiger partial charge is 0.492 e. The number of ether oxygens (including phenoxy) is 1. The molecule has 176 valence electrons. The lowest BCUT2D eigenvalue weighted by Crippen LogP contribution is -2.27. The Morgan fingerprint density at radius 3 is 2.57 bits per heavy atom. The van der Waals surface area contributed by atoms with Crippen LogP contribution in [-0.4, -0.2) is 27.0 Å². The second-order valence-electron chi connectivity index (χ2n) is 7.96. The highest BCUT2D eigenvalue weighted by Gasteiger charge is 2.24. The smallest absolute Gasteiger partial charge is 0.261 e. The second-order valence-corrected chi connectivity index (χ2v) is 8.97. The van der Waals surface area contributed by atoms with Crippen molar-refractivity contribution < 1.29 is 9.53 Å². The van der Waals surface area contributed by atoms with Crippen molar-refractivity contribution in [2.24, 2.45) is 0 Å². The van der Waals surface area contributed by atoms with Crippen molar-refractivity contribution in [2.75, 3.05) is 11.5 Å². The molecule has 35 heavy (non-hydrogen) atoms. The van der Waals surface area contributed by atoms with E-state index in [1.165, 1.54) is 11.3 Å². The lowest BCUT2D eigenvalue weighted by atomic mass is 10.2. The minimum atomic E-state index is -0.113. The van der Waals surface area contributed by atoms with Gasteiger partial charge in [-0.25, -0.2) is 9.97 Å². The predicted molar refractivity (Wildman–Crippen MR) is 140 cm³/mol. The molecule has 7 nitrogen and oxygen atoms in total. The van der Waals surface area contributed by atoms with E-state index in [0.717, 1.165) is 10.2 Å². The third-order valence-electron chi connectivity index (χ3n) is 5.65. The minimum Gasteiger partial charge on any atom is -0.492 e. The van der Waals surface area contributed by atoms with E-state index in [-0.39, 0.29) is 17.9 Å². The van der Waals surface area contributed by atoms with Crippen molar-refractivity contribution >= 4 is 49.2 Å². The molecule has 0 N–H and O–H groups in total.